The zero-order valence-electron chi connectivity index (χ0n) is 19.3. The summed E-state index contributed by atoms with van der Waals surface area (Å²) in [6, 6.07) is 14.2. The van der Waals surface area contributed by atoms with Gasteiger partial charge in [0.05, 0.1) is 29.4 Å². The molecule has 0 radical (unpaired) electrons. The summed E-state index contributed by atoms with van der Waals surface area (Å²) in [4.78, 5) is 17.8. The Balaban J connectivity index is 0.00000119. The van der Waals surface area contributed by atoms with E-state index in [2.05, 4.69) is 21.9 Å². The van der Waals surface area contributed by atoms with Gasteiger partial charge in [-0.25, -0.2) is 9.78 Å². The summed E-state index contributed by atoms with van der Waals surface area (Å²) in [5.41, 5.74) is 5.85. The fraction of sp³-hybridized carbons (Fsp3) is 0.346. The van der Waals surface area contributed by atoms with Gasteiger partial charge in [-0.2, -0.15) is 0 Å². The molecule has 0 amide bonds. The lowest BCUT2D eigenvalue weighted by Gasteiger charge is -2.12. The molecule has 0 spiro atoms. The van der Waals surface area contributed by atoms with E-state index in [1.165, 1.54) is 12.7 Å². The maximum Gasteiger partial charge on any atom is 0.340 e. The normalized spacial score (nSPS) is 13.0. The third kappa shape index (κ3) is 3.93. The molecule has 5 rings (SSSR count). The maximum atomic E-state index is 12.8. The monoisotopic (exact) mass is 431 g/mol. The number of hydrogen-bond acceptors (Lipinski definition) is 5. The van der Waals surface area contributed by atoms with E-state index in [4.69, 9.17) is 14.2 Å². The molecule has 6 nitrogen and oxygen atoms in total. The van der Waals surface area contributed by atoms with Crippen molar-refractivity contribution in [2.45, 2.75) is 53.0 Å². The average Bonchev–Trinajstić information content (AvgIpc) is 3.53. The highest BCUT2D eigenvalue weighted by atomic mass is 16.5. The number of esters is 1. The van der Waals surface area contributed by atoms with Crippen LogP contribution < -0.4 is 0 Å². The fourth-order valence-corrected chi connectivity index (χ4v) is 4.17. The molecule has 1 aliphatic rings. The SMILES string of the molecule is CC.COC(=O)c1cc(-c2c(C)noc2C)cc2nc(C3CC3)n(Cc3ccccc3)c12. The van der Waals surface area contributed by atoms with Gasteiger partial charge in [0, 0.05) is 18.0 Å². The van der Waals surface area contributed by atoms with Gasteiger partial charge in [0.1, 0.15) is 11.6 Å². The molecule has 0 unspecified atom stereocenters. The summed E-state index contributed by atoms with van der Waals surface area (Å²) in [6.07, 6.45) is 2.25. The zero-order valence-corrected chi connectivity index (χ0v) is 19.3. The van der Waals surface area contributed by atoms with Gasteiger partial charge in [-0.05, 0) is 49.9 Å². The Labute approximate surface area is 188 Å². The molecule has 0 N–H and O–H groups in total. The number of rotatable bonds is 5. The van der Waals surface area contributed by atoms with E-state index in [0.29, 0.717) is 23.8 Å². The van der Waals surface area contributed by atoms with Crippen molar-refractivity contribution in [3.8, 4) is 11.1 Å². The number of nitrogens with zero attached hydrogens (tertiary/aromatic N) is 3. The van der Waals surface area contributed by atoms with Gasteiger partial charge in [0.15, 0.2) is 0 Å². The summed E-state index contributed by atoms with van der Waals surface area (Å²) in [5, 5.41) is 4.07. The second-order valence-electron chi connectivity index (χ2n) is 7.90. The number of fused-ring (bicyclic) bond motifs is 1. The number of carbonyl (C=O) groups is 1. The Morgan fingerprint density at radius 2 is 1.88 bits per heavy atom. The van der Waals surface area contributed by atoms with Crippen LogP contribution in [0.2, 0.25) is 0 Å². The molecule has 0 atom stereocenters. The Morgan fingerprint density at radius 3 is 2.47 bits per heavy atom. The topological polar surface area (TPSA) is 70.2 Å². The first-order chi connectivity index (χ1) is 15.6. The quantitative estimate of drug-likeness (QED) is 0.360. The van der Waals surface area contributed by atoms with E-state index in [1.54, 1.807) is 0 Å². The van der Waals surface area contributed by atoms with Crippen LogP contribution in [-0.4, -0.2) is 27.8 Å². The molecule has 6 heteroatoms. The minimum Gasteiger partial charge on any atom is -0.465 e. The standard InChI is InChI=1S/C24H23N3O3.C2H6/c1-14-21(15(2)30-26-14)18-11-19(24(28)29-3)22-20(12-18)25-23(17-9-10-17)27(22)13-16-7-5-4-6-8-16;1-2/h4-8,11-12,17H,9-10,13H2,1-3H3;1-2H3. The van der Waals surface area contributed by atoms with Gasteiger partial charge in [0.25, 0.3) is 0 Å². The highest BCUT2D eigenvalue weighted by Crippen LogP contribution is 2.42. The van der Waals surface area contributed by atoms with Gasteiger partial charge >= 0.3 is 5.97 Å². The van der Waals surface area contributed by atoms with E-state index in [0.717, 1.165) is 46.5 Å². The van der Waals surface area contributed by atoms with Crippen molar-refractivity contribution < 1.29 is 14.1 Å². The molecule has 0 saturated heterocycles. The first-order valence-electron chi connectivity index (χ1n) is 11.2. The predicted molar refractivity (Wildman–Crippen MR) is 125 cm³/mol. The lowest BCUT2D eigenvalue weighted by atomic mass is 10.00. The van der Waals surface area contributed by atoms with Crippen LogP contribution in [0.5, 0.6) is 0 Å². The van der Waals surface area contributed by atoms with Crippen LogP contribution in [0.3, 0.4) is 0 Å². The van der Waals surface area contributed by atoms with E-state index in [-0.39, 0.29) is 5.97 Å². The number of benzene rings is 2. The summed E-state index contributed by atoms with van der Waals surface area (Å²) < 4.78 is 12.7. The van der Waals surface area contributed by atoms with Crippen LogP contribution in [-0.2, 0) is 11.3 Å². The zero-order chi connectivity index (χ0) is 22.8. The summed E-state index contributed by atoms with van der Waals surface area (Å²) in [7, 11) is 1.41. The van der Waals surface area contributed by atoms with E-state index in [9.17, 15) is 4.79 Å². The lowest BCUT2D eigenvalue weighted by Crippen LogP contribution is -2.09. The smallest absolute Gasteiger partial charge is 0.340 e. The highest BCUT2D eigenvalue weighted by molar-refractivity contribution is 6.04. The van der Waals surface area contributed by atoms with Crippen LogP contribution in [0.1, 0.15) is 65.8 Å². The Morgan fingerprint density at radius 1 is 1.16 bits per heavy atom. The van der Waals surface area contributed by atoms with Crippen LogP contribution >= 0.6 is 0 Å². The Kier molecular flexibility index (Phi) is 6.12. The molecule has 166 valence electrons. The fourth-order valence-electron chi connectivity index (χ4n) is 4.17. The first-order valence-corrected chi connectivity index (χ1v) is 11.2. The van der Waals surface area contributed by atoms with Gasteiger partial charge in [-0.3, -0.25) is 0 Å². The lowest BCUT2D eigenvalue weighted by molar-refractivity contribution is 0.0602. The molecular weight excluding hydrogens is 402 g/mol. The molecule has 0 bridgehead atoms. The average molecular weight is 432 g/mol. The summed E-state index contributed by atoms with van der Waals surface area (Å²) in [5.74, 6) is 1.82. The van der Waals surface area contributed by atoms with Crippen molar-refractivity contribution in [1.82, 2.24) is 14.7 Å². The van der Waals surface area contributed by atoms with E-state index in [1.807, 2.05) is 58.0 Å². The third-order valence-electron chi connectivity index (χ3n) is 5.72. The van der Waals surface area contributed by atoms with Crippen molar-refractivity contribution in [2.24, 2.45) is 0 Å². The van der Waals surface area contributed by atoms with Crippen LogP contribution in [0.15, 0.2) is 47.0 Å². The van der Waals surface area contributed by atoms with E-state index >= 15 is 0 Å². The summed E-state index contributed by atoms with van der Waals surface area (Å²) in [6.45, 7) is 8.44. The molecule has 4 aromatic rings. The van der Waals surface area contributed by atoms with Crippen molar-refractivity contribution >= 4 is 17.0 Å². The van der Waals surface area contributed by atoms with Gasteiger partial charge in [0.2, 0.25) is 0 Å². The van der Waals surface area contributed by atoms with Gasteiger partial charge in [-0.1, -0.05) is 49.3 Å². The number of imidazole rings is 1. The van der Waals surface area contributed by atoms with Crippen LogP contribution in [0.4, 0.5) is 0 Å². The molecule has 32 heavy (non-hydrogen) atoms. The van der Waals surface area contributed by atoms with Crippen LogP contribution in [0.25, 0.3) is 22.2 Å². The van der Waals surface area contributed by atoms with Crippen molar-refractivity contribution in [3.63, 3.8) is 0 Å². The Hall–Kier alpha value is -3.41. The number of hydrogen-bond donors (Lipinski definition) is 0. The third-order valence-corrected chi connectivity index (χ3v) is 5.72. The van der Waals surface area contributed by atoms with Crippen LogP contribution in [0, 0.1) is 13.8 Å². The second-order valence-corrected chi connectivity index (χ2v) is 7.90. The number of aryl methyl sites for hydroxylation is 2. The van der Waals surface area contributed by atoms with Crippen molar-refractivity contribution in [3.05, 3.63) is 70.9 Å². The minimum absolute atomic E-state index is 0.370. The van der Waals surface area contributed by atoms with Crippen molar-refractivity contribution in [2.75, 3.05) is 7.11 Å². The molecule has 2 aromatic heterocycles. The van der Waals surface area contributed by atoms with Gasteiger partial charge < -0.3 is 13.8 Å². The minimum atomic E-state index is -0.370. The molecule has 1 fully saturated rings. The first kappa shape index (κ1) is 21.8. The van der Waals surface area contributed by atoms with E-state index < -0.39 is 0 Å². The Bertz CT molecular complexity index is 1230. The molecule has 0 aliphatic heterocycles. The maximum absolute atomic E-state index is 12.8. The molecule has 2 aromatic carbocycles. The number of ether oxygens (including phenoxy) is 1. The molecule has 2 heterocycles. The largest absolute Gasteiger partial charge is 0.465 e. The molecular formula is C26H29N3O3. The second kappa shape index (κ2) is 8.99. The van der Waals surface area contributed by atoms with Gasteiger partial charge in [-0.15, -0.1) is 0 Å². The predicted octanol–water partition coefficient (Wildman–Crippen LogP) is 6.05. The highest BCUT2D eigenvalue weighted by Gasteiger charge is 2.31. The number of methoxy groups -OCH3 is 1. The molecule has 1 aliphatic carbocycles. The molecule has 1 saturated carbocycles. The number of aromatic nitrogens is 3. The summed E-state index contributed by atoms with van der Waals surface area (Å²) >= 11 is 0. The number of carbonyl (C=O) groups excluding carboxylic acids is 1. The van der Waals surface area contributed by atoms with Crippen molar-refractivity contribution in [1.29, 1.82) is 0 Å².